The van der Waals surface area contributed by atoms with Crippen LogP contribution in [0.4, 0.5) is 4.39 Å². The lowest BCUT2D eigenvalue weighted by Gasteiger charge is -2.20. The molecule has 2 rings (SSSR count). The van der Waals surface area contributed by atoms with Crippen LogP contribution in [0, 0.1) is 12.7 Å². The Hall–Kier alpha value is -0.980. The maximum absolute atomic E-state index is 13.0. The van der Waals surface area contributed by atoms with Crippen LogP contribution in [0.3, 0.4) is 0 Å². The Morgan fingerprint density at radius 3 is 2.78 bits per heavy atom. The van der Waals surface area contributed by atoms with E-state index in [2.05, 4.69) is 5.32 Å². The monoisotopic (exact) mass is 272 g/mol. The van der Waals surface area contributed by atoms with E-state index in [1.54, 1.807) is 6.92 Å². The van der Waals surface area contributed by atoms with Crippen molar-refractivity contribution in [2.45, 2.75) is 18.2 Å². The van der Waals surface area contributed by atoms with E-state index in [9.17, 15) is 12.8 Å². The van der Waals surface area contributed by atoms with Gasteiger partial charge in [0.15, 0.2) is 0 Å². The fraction of sp³-hybridized carbons (Fsp3) is 0.500. The summed E-state index contributed by atoms with van der Waals surface area (Å²) in [5.41, 5.74) is 0.451. The minimum atomic E-state index is -3.51. The molecule has 1 aromatic rings. The molecule has 100 valence electrons. The van der Waals surface area contributed by atoms with Crippen molar-refractivity contribution in [2.24, 2.45) is 0 Å². The van der Waals surface area contributed by atoms with Crippen molar-refractivity contribution in [2.75, 3.05) is 26.2 Å². The molecule has 1 aliphatic rings. The van der Waals surface area contributed by atoms with Crippen LogP contribution in [-0.4, -0.2) is 38.9 Å². The second-order valence-electron chi connectivity index (χ2n) is 4.42. The molecule has 0 saturated carbocycles. The number of halogens is 1. The van der Waals surface area contributed by atoms with E-state index < -0.39 is 15.8 Å². The Balaban J connectivity index is 2.34. The lowest BCUT2D eigenvalue weighted by molar-refractivity contribution is 0.431. The quantitative estimate of drug-likeness (QED) is 0.877. The minimum absolute atomic E-state index is 0.200. The summed E-state index contributed by atoms with van der Waals surface area (Å²) in [5, 5.41) is 3.16. The topological polar surface area (TPSA) is 49.4 Å². The van der Waals surface area contributed by atoms with Crippen LogP contribution in [0.25, 0.3) is 0 Å². The second-order valence-corrected chi connectivity index (χ2v) is 6.32. The number of sulfonamides is 1. The van der Waals surface area contributed by atoms with Gasteiger partial charge in [-0.05, 0) is 43.7 Å². The molecule has 0 spiro atoms. The van der Waals surface area contributed by atoms with Gasteiger partial charge in [-0.15, -0.1) is 0 Å². The highest BCUT2D eigenvalue weighted by Gasteiger charge is 2.26. The van der Waals surface area contributed by atoms with Crippen molar-refractivity contribution < 1.29 is 12.8 Å². The summed E-state index contributed by atoms with van der Waals surface area (Å²) in [7, 11) is -3.51. The molecule has 1 aliphatic heterocycles. The third-order valence-corrected chi connectivity index (χ3v) is 5.11. The molecule has 1 fully saturated rings. The first-order valence-electron chi connectivity index (χ1n) is 5.99. The molecular formula is C12H17FN2O2S. The number of nitrogens with one attached hydrogen (secondary N) is 1. The Morgan fingerprint density at radius 2 is 2.06 bits per heavy atom. The van der Waals surface area contributed by atoms with Crippen LogP contribution in [0.15, 0.2) is 23.1 Å². The van der Waals surface area contributed by atoms with Gasteiger partial charge >= 0.3 is 0 Å². The summed E-state index contributed by atoms with van der Waals surface area (Å²) >= 11 is 0. The molecule has 4 nitrogen and oxygen atoms in total. The summed E-state index contributed by atoms with van der Waals surface area (Å²) < 4.78 is 39.4. The standard InChI is InChI=1S/C12H17FN2O2S/c1-10-9-11(13)3-4-12(10)18(16,17)15-7-2-5-14-6-8-15/h3-4,9,14H,2,5-8H2,1H3. The van der Waals surface area contributed by atoms with Gasteiger partial charge in [0, 0.05) is 19.6 Å². The number of benzene rings is 1. The molecule has 1 aromatic carbocycles. The number of hydrogen-bond acceptors (Lipinski definition) is 3. The van der Waals surface area contributed by atoms with Crippen LogP contribution in [0.2, 0.25) is 0 Å². The molecule has 0 radical (unpaired) electrons. The third kappa shape index (κ3) is 2.71. The summed E-state index contributed by atoms with van der Waals surface area (Å²) in [6, 6.07) is 3.79. The smallest absolute Gasteiger partial charge is 0.243 e. The van der Waals surface area contributed by atoms with Crippen LogP contribution in [-0.2, 0) is 10.0 Å². The highest BCUT2D eigenvalue weighted by Crippen LogP contribution is 2.21. The molecule has 18 heavy (non-hydrogen) atoms. The van der Waals surface area contributed by atoms with Gasteiger partial charge in [0.2, 0.25) is 10.0 Å². The predicted octanol–water partition coefficient (Wildman–Crippen LogP) is 1.12. The van der Waals surface area contributed by atoms with Crippen molar-refractivity contribution in [3.63, 3.8) is 0 Å². The van der Waals surface area contributed by atoms with Gasteiger partial charge in [0.05, 0.1) is 4.90 Å². The van der Waals surface area contributed by atoms with E-state index in [0.29, 0.717) is 25.2 Å². The Morgan fingerprint density at radius 1 is 1.28 bits per heavy atom. The number of aryl methyl sites for hydroxylation is 1. The highest BCUT2D eigenvalue weighted by molar-refractivity contribution is 7.89. The first-order valence-corrected chi connectivity index (χ1v) is 7.43. The summed E-state index contributed by atoms with van der Waals surface area (Å²) in [4.78, 5) is 0.200. The van der Waals surface area contributed by atoms with E-state index in [-0.39, 0.29) is 4.90 Å². The van der Waals surface area contributed by atoms with Crippen LogP contribution < -0.4 is 5.32 Å². The molecule has 0 atom stereocenters. The molecule has 1 saturated heterocycles. The van der Waals surface area contributed by atoms with Gasteiger partial charge < -0.3 is 5.32 Å². The fourth-order valence-corrected chi connectivity index (χ4v) is 3.79. The summed E-state index contributed by atoms with van der Waals surface area (Å²) in [6.45, 7) is 4.06. The first-order chi connectivity index (χ1) is 8.51. The number of rotatable bonds is 2. The lowest BCUT2D eigenvalue weighted by Crippen LogP contribution is -2.34. The zero-order valence-electron chi connectivity index (χ0n) is 10.3. The van der Waals surface area contributed by atoms with Gasteiger partial charge in [0.1, 0.15) is 5.82 Å². The van der Waals surface area contributed by atoms with Crippen molar-refractivity contribution in [1.82, 2.24) is 9.62 Å². The average Bonchev–Trinajstić information content (AvgIpc) is 2.57. The SMILES string of the molecule is Cc1cc(F)ccc1S(=O)(=O)N1CCCNCC1. The molecule has 0 unspecified atom stereocenters. The Kier molecular flexibility index (Phi) is 3.99. The van der Waals surface area contributed by atoms with Gasteiger partial charge in [0.25, 0.3) is 0 Å². The molecule has 0 bridgehead atoms. The Bertz CT molecular complexity index is 523. The number of nitrogens with zero attached hydrogens (tertiary/aromatic N) is 1. The minimum Gasteiger partial charge on any atom is -0.315 e. The Labute approximate surface area is 107 Å². The van der Waals surface area contributed by atoms with E-state index in [4.69, 9.17) is 0 Å². The average molecular weight is 272 g/mol. The van der Waals surface area contributed by atoms with Gasteiger partial charge in [-0.1, -0.05) is 0 Å². The van der Waals surface area contributed by atoms with Gasteiger partial charge in [-0.25, -0.2) is 12.8 Å². The zero-order chi connectivity index (χ0) is 13.2. The maximum atomic E-state index is 13.0. The number of hydrogen-bond donors (Lipinski definition) is 1. The van der Waals surface area contributed by atoms with E-state index in [1.165, 1.54) is 22.5 Å². The molecular weight excluding hydrogens is 255 g/mol. The lowest BCUT2D eigenvalue weighted by atomic mass is 10.2. The van der Waals surface area contributed by atoms with Gasteiger partial charge in [-0.2, -0.15) is 4.31 Å². The normalized spacial score (nSPS) is 18.6. The fourth-order valence-electron chi connectivity index (χ4n) is 2.10. The molecule has 1 N–H and O–H groups in total. The van der Waals surface area contributed by atoms with Crippen molar-refractivity contribution >= 4 is 10.0 Å². The second kappa shape index (κ2) is 5.34. The predicted molar refractivity (Wildman–Crippen MR) is 67.4 cm³/mol. The van der Waals surface area contributed by atoms with Crippen LogP contribution in [0.5, 0.6) is 0 Å². The van der Waals surface area contributed by atoms with Gasteiger partial charge in [-0.3, -0.25) is 0 Å². The van der Waals surface area contributed by atoms with E-state index in [1.807, 2.05) is 0 Å². The summed E-state index contributed by atoms with van der Waals surface area (Å²) in [5.74, 6) is -0.413. The molecule has 0 amide bonds. The molecule has 6 heteroatoms. The molecule has 0 aromatic heterocycles. The van der Waals surface area contributed by atoms with Crippen molar-refractivity contribution in [3.05, 3.63) is 29.6 Å². The zero-order valence-corrected chi connectivity index (χ0v) is 11.1. The molecule has 0 aliphatic carbocycles. The van der Waals surface area contributed by atoms with Crippen molar-refractivity contribution in [3.8, 4) is 0 Å². The van der Waals surface area contributed by atoms with Crippen molar-refractivity contribution in [1.29, 1.82) is 0 Å². The van der Waals surface area contributed by atoms with Crippen LogP contribution >= 0.6 is 0 Å². The highest BCUT2D eigenvalue weighted by atomic mass is 32.2. The maximum Gasteiger partial charge on any atom is 0.243 e. The first kappa shape index (κ1) is 13.5. The summed E-state index contributed by atoms with van der Waals surface area (Å²) in [6.07, 6.45) is 0.791. The largest absolute Gasteiger partial charge is 0.315 e. The molecule has 1 heterocycles. The van der Waals surface area contributed by atoms with E-state index >= 15 is 0 Å². The van der Waals surface area contributed by atoms with E-state index in [0.717, 1.165) is 13.0 Å². The van der Waals surface area contributed by atoms with Crippen LogP contribution in [0.1, 0.15) is 12.0 Å². The third-order valence-electron chi connectivity index (χ3n) is 3.05.